The minimum Gasteiger partial charge on any atom is -0.507 e. The van der Waals surface area contributed by atoms with Crippen LogP contribution in [-0.2, 0) is 12.8 Å². The van der Waals surface area contributed by atoms with Crippen molar-refractivity contribution >= 4 is 22.7 Å². The van der Waals surface area contributed by atoms with Crippen LogP contribution in [0.25, 0.3) is 0 Å². The molecule has 0 spiro atoms. The van der Waals surface area contributed by atoms with Crippen LogP contribution in [-0.4, -0.2) is 10.2 Å². The van der Waals surface area contributed by atoms with Crippen LogP contribution in [0.3, 0.4) is 0 Å². The fraction of sp³-hybridized carbons (Fsp3) is 0.200. The first-order valence-electron chi connectivity index (χ1n) is 11.9. The van der Waals surface area contributed by atoms with Crippen LogP contribution in [0.4, 0.5) is 22.7 Å². The SMILES string of the molecule is Cc1cc(N=Nc2ccc(CCc3ccc(N=Nc4cc(C)c(O)c(C)c4)cc3)cc2)cc(C)c1O. The molecule has 4 aromatic rings. The minimum atomic E-state index is 0.302. The molecule has 0 saturated heterocycles. The molecule has 182 valence electrons. The number of phenols is 2. The number of benzene rings is 4. The summed E-state index contributed by atoms with van der Waals surface area (Å²) in [4.78, 5) is 0. The van der Waals surface area contributed by atoms with Crippen LogP contribution >= 0.6 is 0 Å². The van der Waals surface area contributed by atoms with E-state index < -0.39 is 0 Å². The van der Waals surface area contributed by atoms with Crippen molar-refractivity contribution in [2.75, 3.05) is 0 Å². The van der Waals surface area contributed by atoms with Gasteiger partial charge in [-0.15, -0.1) is 0 Å². The topological polar surface area (TPSA) is 89.9 Å². The molecule has 0 fully saturated rings. The summed E-state index contributed by atoms with van der Waals surface area (Å²) < 4.78 is 0. The Morgan fingerprint density at radius 2 is 0.722 bits per heavy atom. The first-order valence-corrected chi connectivity index (χ1v) is 11.9. The molecule has 0 aliphatic heterocycles. The van der Waals surface area contributed by atoms with E-state index in [-0.39, 0.29) is 0 Å². The van der Waals surface area contributed by atoms with Gasteiger partial charge in [0.1, 0.15) is 11.5 Å². The van der Waals surface area contributed by atoms with Crippen molar-refractivity contribution in [1.29, 1.82) is 0 Å². The summed E-state index contributed by atoms with van der Waals surface area (Å²) in [6.45, 7) is 7.42. The van der Waals surface area contributed by atoms with Gasteiger partial charge in [0, 0.05) is 0 Å². The van der Waals surface area contributed by atoms with Gasteiger partial charge in [0.2, 0.25) is 0 Å². The highest BCUT2D eigenvalue weighted by Gasteiger charge is 2.04. The van der Waals surface area contributed by atoms with Gasteiger partial charge in [-0.1, -0.05) is 24.3 Å². The molecule has 0 aliphatic carbocycles. The third-order valence-corrected chi connectivity index (χ3v) is 6.09. The number of nitrogens with zero attached hydrogens (tertiary/aromatic N) is 4. The highest BCUT2D eigenvalue weighted by molar-refractivity contribution is 5.52. The fourth-order valence-electron chi connectivity index (χ4n) is 3.96. The van der Waals surface area contributed by atoms with Crippen LogP contribution in [0.2, 0.25) is 0 Å². The van der Waals surface area contributed by atoms with Gasteiger partial charge in [-0.2, -0.15) is 20.5 Å². The number of phenolic OH excluding ortho intramolecular Hbond substituents is 2. The molecule has 6 heteroatoms. The van der Waals surface area contributed by atoms with E-state index in [9.17, 15) is 10.2 Å². The average Bonchev–Trinajstić information content (AvgIpc) is 2.87. The van der Waals surface area contributed by atoms with E-state index >= 15 is 0 Å². The van der Waals surface area contributed by atoms with Gasteiger partial charge in [0.05, 0.1) is 22.7 Å². The summed E-state index contributed by atoms with van der Waals surface area (Å²) in [6.07, 6.45) is 1.83. The van der Waals surface area contributed by atoms with Crippen LogP contribution in [0, 0.1) is 27.7 Å². The van der Waals surface area contributed by atoms with Crippen molar-refractivity contribution in [1.82, 2.24) is 0 Å². The van der Waals surface area contributed by atoms with Crippen LogP contribution in [0.5, 0.6) is 11.5 Å². The predicted octanol–water partition coefficient (Wildman–Crippen LogP) is 8.95. The average molecular weight is 479 g/mol. The van der Waals surface area contributed by atoms with Gasteiger partial charge < -0.3 is 10.2 Å². The van der Waals surface area contributed by atoms with Crippen molar-refractivity contribution < 1.29 is 10.2 Å². The number of aromatic hydroxyl groups is 2. The Bertz CT molecular complexity index is 1270. The van der Waals surface area contributed by atoms with Gasteiger partial charge in [0.25, 0.3) is 0 Å². The molecule has 0 aliphatic rings. The molecule has 4 rings (SSSR count). The van der Waals surface area contributed by atoms with Gasteiger partial charge in [0.15, 0.2) is 0 Å². The third-order valence-electron chi connectivity index (χ3n) is 6.09. The molecular formula is C30H30N4O2. The number of hydrogen-bond donors (Lipinski definition) is 2. The Hall–Kier alpha value is -4.32. The largest absolute Gasteiger partial charge is 0.507 e. The van der Waals surface area contributed by atoms with E-state index in [2.05, 4.69) is 44.7 Å². The maximum absolute atomic E-state index is 9.90. The maximum Gasteiger partial charge on any atom is 0.121 e. The summed E-state index contributed by atoms with van der Waals surface area (Å²) in [6, 6.07) is 23.5. The lowest BCUT2D eigenvalue weighted by atomic mass is 10.0. The molecule has 4 aromatic carbocycles. The standard InChI is InChI=1S/C30H30N4O2/c1-19-15-27(16-20(2)29(19)35)33-31-25-11-7-23(8-12-25)5-6-24-9-13-26(14-10-24)32-34-28-17-21(3)30(36)22(4)18-28/h7-18,35-36H,5-6H2,1-4H3. The molecule has 0 aromatic heterocycles. The summed E-state index contributed by atoms with van der Waals surface area (Å²) in [5.41, 5.74) is 8.64. The Labute approximate surface area is 211 Å². The lowest BCUT2D eigenvalue weighted by Gasteiger charge is -2.05. The van der Waals surface area contributed by atoms with Crippen molar-refractivity contribution in [2.24, 2.45) is 20.5 Å². The second-order valence-corrected chi connectivity index (χ2v) is 9.09. The van der Waals surface area contributed by atoms with E-state index in [1.807, 2.05) is 76.2 Å². The molecule has 6 nitrogen and oxygen atoms in total. The lowest BCUT2D eigenvalue weighted by Crippen LogP contribution is -1.90. The van der Waals surface area contributed by atoms with Crippen LogP contribution in [0.15, 0.2) is 93.3 Å². The molecule has 0 unspecified atom stereocenters. The van der Waals surface area contributed by atoms with Crippen LogP contribution < -0.4 is 0 Å². The maximum atomic E-state index is 9.90. The van der Waals surface area contributed by atoms with Gasteiger partial charge >= 0.3 is 0 Å². The molecule has 2 N–H and O–H groups in total. The zero-order valence-electron chi connectivity index (χ0n) is 21.0. The first kappa shape index (κ1) is 24.8. The number of rotatable bonds is 7. The van der Waals surface area contributed by atoms with Crippen molar-refractivity contribution in [3.8, 4) is 11.5 Å². The lowest BCUT2D eigenvalue weighted by molar-refractivity contribution is 0.466. The van der Waals surface area contributed by atoms with E-state index in [1.54, 1.807) is 0 Å². The quantitative estimate of drug-likeness (QED) is 0.260. The smallest absolute Gasteiger partial charge is 0.121 e. The second kappa shape index (κ2) is 11.0. The van der Waals surface area contributed by atoms with Crippen molar-refractivity contribution in [3.05, 3.63) is 106 Å². The van der Waals surface area contributed by atoms with Gasteiger partial charge in [-0.3, -0.25) is 0 Å². The van der Waals surface area contributed by atoms with E-state index in [4.69, 9.17) is 0 Å². The Kier molecular flexibility index (Phi) is 7.54. The highest BCUT2D eigenvalue weighted by atomic mass is 16.3. The van der Waals surface area contributed by atoms with Gasteiger partial charge in [-0.05, 0) is 122 Å². The minimum absolute atomic E-state index is 0.302. The second-order valence-electron chi connectivity index (χ2n) is 9.09. The molecular weight excluding hydrogens is 448 g/mol. The fourth-order valence-corrected chi connectivity index (χ4v) is 3.96. The third kappa shape index (κ3) is 6.21. The van der Waals surface area contributed by atoms with E-state index in [0.29, 0.717) is 11.5 Å². The summed E-state index contributed by atoms with van der Waals surface area (Å²) in [7, 11) is 0. The molecule has 0 amide bonds. The monoisotopic (exact) mass is 478 g/mol. The molecule has 0 saturated carbocycles. The zero-order chi connectivity index (χ0) is 25.7. The van der Waals surface area contributed by atoms with E-state index in [1.165, 1.54) is 11.1 Å². The van der Waals surface area contributed by atoms with Crippen LogP contribution in [0.1, 0.15) is 33.4 Å². The number of aryl methyl sites for hydroxylation is 6. The highest BCUT2D eigenvalue weighted by Crippen LogP contribution is 2.30. The number of azo groups is 2. The Balaban J connectivity index is 1.32. The molecule has 0 radical (unpaired) electrons. The van der Waals surface area contributed by atoms with Gasteiger partial charge in [-0.25, -0.2) is 0 Å². The molecule has 0 bridgehead atoms. The molecule has 36 heavy (non-hydrogen) atoms. The van der Waals surface area contributed by atoms with Crippen molar-refractivity contribution in [2.45, 2.75) is 40.5 Å². The first-order chi connectivity index (χ1) is 17.3. The molecule has 0 atom stereocenters. The predicted molar refractivity (Wildman–Crippen MR) is 144 cm³/mol. The molecule has 0 heterocycles. The Morgan fingerprint density at radius 3 is 1.03 bits per heavy atom. The van der Waals surface area contributed by atoms with Crippen molar-refractivity contribution in [3.63, 3.8) is 0 Å². The van der Waals surface area contributed by atoms with E-state index in [0.717, 1.165) is 57.8 Å². The normalized spacial score (nSPS) is 11.6. The zero-order valence-corrected chi connectivity index (χ0v) is 21.0. The number of hydrogen-bond acceptors (Lipinski definition) is 6. The summed E-state index contributed by atoms with van der Waals surface area (Å²) in [5, 5.41) is 37.0. The summed E-state index contributed by atoms with van der Waals surface area (Å²) in [5.74, 6) is 0.605. The Morgan fingerprint density at radius 1 is 0.444 bits per heavy atom. The summed E-state index contributed by atoms with van der Waals surface area (Å²) >= 11 is 0.